The summed E-state index contributed by atoms with van der Waals surface area (Å²) in [6, 6.07) is 0. The van der Waals surface area contributed by atoms with Crippen LogP contribution in [0.15, 0.2) is 0 Å². The van der Waals surface area contributed by atoms with Crippen molar-refractivity contribution < 1.29 is 4.79 Å². The van der Waals surface area contributed by atoms with E-state index in [0.717, 1.165) is 31.6 Å². The lowest BCUT2D eigenvalue weighted by atomic mass is 9.99. The van der Waals surface area contributed by atoms with Gasteiger partial charge in [-0.15, -0.1) is 16.7 Å². The third-order valence-corrected chi connectivity index (χ3v) is 4.58. The van der Waals surface area contributed by atoms with Crippen LogP contribution in [-0.2, 0) is 6.42 Å². The molecule has 0 N–H and O–H groups in total. The second-order valence-corrected chi connectivity index (χ2v) is 5.75. The molecule has 2 unspecified atom stereocenters. The fourth-order valence-corrected chi connectivity index (χ4v) is 2.94. The molecule has 94 valence electrons. The summed E-state index contributed by atoms with van der Waals surface area (Å²) in [4.78, 5) is 14.9. The molecule has 0 saturated carbocycles. The second-order valence-electron chi connectivity index (χ2n) is 4.44. The van der Waals surface area contributed by atoms with Gasteiger partial charge >= 0.3 is 0 Å². The van der Waals surface area contributed by atoms with Crippen LogP contribution in [0.5, 0.6) is 0 Å². The molecule has 17 heavy (non-hydrogen) atoms. The van der Waals surface area contributed by atoms with Crippen molar-refractivity contribution in [3.63, 3.8) is 0 Å². The second kappa shape index (κ2) is 5.31. The van der Waals surface area contributed by atoms with Gasteiger partial charge in [0.2, 0.25) is 0 Å². The van der Waals surface area contributed by atoms with E-state index in [-0.39, 0.29) is 11.3 Å². The molecular formula is C11H16ClN3OS. The molecule has 1 amide bonds. The molecule has 0 aromatic carbocycles. The van der Waals surface area contributed by atoms with E-state index >= 15 is 0 Å². The molecule has 2 heterocycles. The molecule has 0 radical (unpaired) electrons. The molecule has 1 aromatic rings. The number of likely N-dealkylation sites (tertiary alicyclic amines) is 1. The number of carbonyl (C=O) groups excluding carboxylic acids is 1. The third-order valence-electron chi connectivity index (χ3n) is 3.17. The van der Waals surface area contributed by atoms with Crippen molar-refractivity contribution in [3.8, 4) is 0 Å². The monoisotopic (exact) mass is 273 g/mol. The normalized spacial score (nSPS) is 25.0. The predicted octanol–water partition coefficient (Wildman–Crippen LogP) is 2.19. The zero-order chi connectivity index (χ0) is 12.4. The van der Waals surface area contributed by atoms with Crippen LogP contribution in [0.4, 0.5) is 0 Å². The van der Waals surface area contributed by atoms with E-state index in [4.69, 9.17) is 11.6 Å². The van der Waals surface area contributed by atoms with Gasteiger partial charge in [0.1, 0.15) is 4.88 Å². The summed E-state index contributed by atoms with van der Waals surface area (Å²) in [5.74, 6) is 0.410. The molecule has 1 fully saturated rings. The molecule has 1 aromatic heterocycles. The molecule has 0 aliphatic carbocycles. The van der Waals surface area contributed by atoms with Gasteiger partial charge in [-0.25, -0.2) is 0 Å². The highest BCUT2D eigenvalue weighted by Crippen LogP contribution is 2.24. The summed E-state index contributed by atoms with van der Waals surface area (Å²) in [5.41, 5.74) is 0.806. The summed E-state index contributed by atoms with van der Waals surface area (Å²) in [6.07, 6.45) is 1.61. The maximum Gasteiger partial charge on any atom is 0.267 e. The van der Waals surface area contributed by atoms with Gasteiger partial charge in [0.15, 0.2) is 0 Å². The van der Waals surface area contributed by atoms with Gasteiger partial charge in [-0.1, -0.05) is 18.3 Å². The smallest absolute Gasteiger partial charge is 0.267 e. The number of hydrogen-bond acceptors (Lipinski definition) is 4. The van der Waals surface area contributed by atoms with E-state index in [9.17, 15) is 4.79 Å². The van der Waals surface area contributed by atoms with Crippen LogP contribution in [0.1, 0.15) is 35.6 Å². The molecule has 1 saturated heterocycles. The quantitative estimate of drug-likeness (QED) is 0.776. The maximum atomic E-state index is 12.3. The lowest BCUT2D eigenvalue weighted by Crippen LogP contribution is -2.43. The number of hydrogen-bond donors (Lipinski definition) is 0. The highest BCUT2D eigenvalue weighted by molar-refractivity contribution is 7.08. The number of piperidine rings is 1. The summed E-state index contributed by atoms with van der Waals surface area (Å²) < 4.78 is 3.86. The molecule has 0 bridgehead atoms. The van der Waals surface area contributed by atoms with Crippen LogP contribution >= 0.6 is 23.1 Å². The van der Waals surface area contributed by atoms with Crippen molar-refractivity contribution in [1.82, 2.24) is 14.5 Å². The molecule has 2 rings (SSSR count). The highest BCUT2D eigenvalue weighted by Gasteiger charge is 2.29. The average molecular weight is 274 g/mol. The van der Waals surface area contributed by atoms with Crippen LogP contribution in [-0.4, -0.2) is 38.9 Å². The summed E-state index contributed by atoms with van der Waals surface area (Å²) in [7, 11) is 0. The molecule has 1 aliphatic heterocycles. The fraction of sp³-hybridized carbons (Fsp3) is 0.727. The highest BCUT2D eigenvalue weighted by atomic mass is 35.5. The Hall–Kier alpha value is -0.680. The zero-order valence-corrected chi connectivity index (χ0v) is 11.6. The van der Waals surface area contributed by atoms with Gasteiger partial charge in [-0.05, 0) is 30.3 Å². The van der Waals surface area contributed by atoms with Crippen LogP contribution in [0, 0.1) is 5.92 Å². The standard InChI is InChI=1S/C11H16ClN3OS/c1-3-9-10(17-14-13-9)11(16)15-5-4-8(12)7(2)6-15/h7-8H,3-6H2,1-2H3. The molecule has 6 heteroatoms. The number of rotatable bonds is 2. The first-order chi connectivity index (χ1) is 8.13. The minimum absolute atomic E-state index is 0.0623. The Balaban J connectivity index is 2.10. The number of alkyl halides is 1. The topological polar surface area (TPSA) is 46.1 Å². The first kappa shape index (κ1) is 12.8. The van der Waals surface area contributed by atoms with Crippen molar-refractivity contribution >= 4 is 29.0 Å². The van der Waals surface area contributed by atoms with Gasteiger partial charge < -0.3 is 4.90 Å². The van der Waals surface area contributed by atoms with E-state index < -0.39 is 0 Å². The van der Waals surface area contributed by atoms with Crippen molar-refractivity contribution in [2.24, 2.45) is 5.92 Å². The van der Waals surface area contributed by atoms with Crippen LogP contribution < -0.4 is 0 Å². The maximum absolute atomic E-state index is 12.3. The Kier molecular flexibility index (Phi) is 3.99. The lowest BCUT2D eigenvalue weighted by Gasteiger charge is -2.33. The Morgan fingerprint density at radius 1 is 1.65 bits per heavy atom. The minimum atomic E-state index is 0.0623. The summed E-state index contributed by atoms with van der Waals surface area (Å²) >= 11 is 7.35. The van der Waals surface area contributed by atoms with Crippen LogP contribution in [0.3, 0.4) is 0 Å². The van der Waals surface area contributed by atoms with Crippen molar-refractivity contribution in [2.45, 2.75) is 32.1 Å². The zero-order valence-electron chi connectivity index (χ0n) is 10.0. The van der Waals surface area contributed by atoms with Crippen molar-refractivity contribution in [3.05, 3.63) is 10.6 Å². The number of nitrogens with zero attached hydrogens (tertiary/aromatic N) is 3. The fourth-order valence-electron chi connectivity index (χ4n) is 2.05. The number of aromatic nitrogens is 2. The van der Waals surface area contributed by atoms with Gasteiger partial charge in [0, 0.05) is 18.5 Å². The number of carbonyl (C=O) groups is 1. The van der Waals surface area contributed by atoms with Crippen LogP contribution in [0.2, 0.25) is 0 Å². The first-order valence-corrected chi connectivity index (χ1v) is 7.09. The molecule has 1 aliphatic rings. The Bertz CT molecular complexity index is 409. The molecule has 4 nitrogen and oxygen atoms in total. The molecule has 0 spiro atoms. The van der Waals surface area contributed by atoms with Gasteiger partial charge in [0.25, 0.3) is 5.91 Å². The van der Waals surface area contributed by atoms with E-state index in [0.29, 0.717) is 10.8 Å². The van der Waals surface area contributed by atoms with E-state index in [1.165, 1.54) is 11.5 Å². The number of aryl methyl sites for hydroxylation is 1. The number of halogens is 1. The molecular weight excluding hydrogens is 258 g/mol. The van der Waals surface area contributed by atoms with E-state index in [1.54, 1.807) is 0 Å². The van der Waals surface area contributed by atoms with Gasteiger partial charge in [-0.2, -0.15) is 0 Å². The summed E-state index contributed by atoms with van der Waals surface area (Å²) in [5, 5.41) is 4.16. The lowest BCUT2D eigenvalue weighted by molar-refractivity contribution is 0.0690. The van der Waals surface area contributed by atoms with Crippen LogP contribution in [0.25, 0.3) is 0 Å². The Labute approximate surface area is 110 Å². The Morgan fingerprint density at radius 2 is 2.41 bits per heavy atom. The minimum Gasteiger partial charge on any atom is -0.337 e. The SMILES string of the molecule is CCc1nnsc1C(=O)N1CCC(Cl)C(C)C1. The third kappa shape index (κ3) is 2.60. The van der Waals surface area contributed by atoms with Crippen molar-refractivity contribution in [1.29, 1.82) is 0 Å². The van der Waals surface area contributed by atoms with E-state index in [1.807, 2.05) is 11.8 Å². The summed E-state index contributed by atoms with van der Waals surface area (Å²) in [6.45, 7) is 5.54. The Morgan fingerprint density at radius 3 is 3.06 bits per heavy atom. The predicted molar refractivity (Wildman–Crippen MR) is 68.6 cm³/mol. The van der Waals surface area contributed by atoms with Gasteiger partial charge in [0.05, 0.1) is 5.69 Å². The molecule has 2 atom stereocenters. The van der Waals surface area contributed by atoms with E-state index in [2.05, 4.69) is 16.5 Å². The largest absolute Gasteiger partial charge is 0.337 e. The average Bonchev–Trinajstić information content (AvgIpc) is 2.80. The van der Waals surface area contributed by atoms with Crippen molar-refractivity contribution in [2.75, 3.05) is 13.1 Å². The number of amides is 1. The first-order valence-electron chi connectivity index (χ1n) is 5.88. The van der Waals surface area contributed by atoms with Gasteiger partial charge in [-0.3, -0.25) is 4.79 Å².